The monoisotopic (exact) mass is 267 g/mol. The van der Waals surface area contributed by atoms with Gasteiger partial charge >= 0.3 is 0 Å². The van der Waals surface area contributed by atoms with Crippen molar-refractivity contribution in [1.82, 2.24) is 9.80 Å². The van der Waals surface area contributed by atoms with Crippen LogP contribution in [0.2, 0.25) is 0 Å². The minimum atomic E-state index is 0.200. The average molecular weight is 267 g/mol. The quantitative estimate of drug-likeness (QED) is 0.838. The van der Waals surface area contributed by atoms with Gasteiger partial charge in [0.2, 0.25) is 5.91 Å². The number of amides is 1. The second kappa shape index (κ2) is 6.23. The molecule has 0 aromatic carbocycles. The molecule has 0 aromatic rings. The second-order valence-electron chi connectivity index (χ2n) is 6.65. The van der Waals surface area contributed by atoms with Crippen molar-refractivity contribution in [3.8, 4) is 0 Å². The lowest BCUT2D eigenvalue weighted by Gasteiger charge is -2.34. The van der Waals surface area contributed by atoms with Crippen molar-refractivity contribution in [2.45, 2.75) is 51.1 Å². The summed E-state index contributed by atoms with van der Waals surface area (Å²) in [6.45, 7) is 4.23. The second-order valence-corrected chi connectivity index (χ2v) is 6.65. The van der Waals surface area contributed by atoms with Crippen molar-refractivity contribution in [3.63, 3.8) is 0 Å². The fourth-order valence-corrected chi connectivity index (χ4v) is 3.57. The number of hydrogen-bond acceptors (Lipinski definition) is 3. The molecule has 1 heterocycles. The maximum atomic E-state index is 12.5. The minimum Gasteiger partial charge on any atom is -0.344 e. The molecule has 2 aliphatic rings. The van der Waals surface area contributed by atoms with Crippen LogP contribution in [0.25, 0.3) is 0 Å². The van der Waals surface area contributed by atoms with Crippen LogP contribution in [-0.4, -0.2) is 55.0 Å². The normalized spacial score (nSPS) is 36.4. The number of likely N-dealkylation sites (N-methyl/N-ethyl adjacent to an activating group) is 2. The maximum absolute atomic E-state index is 12.5. The lowest BCUT2D eigenvalue weighted by Crippen LogP contribution is -2.45. The molecular formula is C15H29N3O. The van der Waals surface area contributed by atoms with Gasteiger partial charge in [-0.2, -0.15) is 0 Å². The smallest absolute Gasteiger partial charge is 0.225 e. The summed E-state index contributed by atoms with van der Waals surface area (Å²) < 4.78 is 0. The molecule has 19 heavy (non-hydrogen) atoms. The van der Waals surface area contributed by atoms with Crippen LogP contribution in [0.4, 0.5) is 0 Å². The molecule has 110 valence electrons. The highest BCUT2D eigenvalue weighted by molar-refractivity contribution is 5.78. The Balaban J connectivity index is 1.85. The van der Waals surface area contributed by atoms with Crippen molar-refractivity contribution < 1.29 is 4.79 Å². The number of carbonyl (C=O) groups is 1. The predicted molar refractivity (Wildman–Crippen MR) is 77.8 cm³/mol. The number of hydrogen-bond donors (Lipinski definition) is 1. The Kier molecular flexibility index (Phi) is 4.85. The van der Waals surface area contributed by atoms with Gasteiger partial charge in [-0.05, 0) is 51.6 Å². The Bertz CT molecular complexity index is 321. The predicted octanol–water partition coefficient (Wildman–Crippen LogP) is 1.30. The van der Waals surface area contributed by atoms with E-state index in [1.54, 1.807) is 0 Å². The van der Waals surface area contributed by atoms with Gasteiger partial charge in [0.1, 0.15) is 0 Å². The van der Waals surface area contributed by atoms with Crippen molar-refractivity contribution >= 4 is 5.91 Å². The van der Waals surface area contributed by atoms with Crippen LogP contribution in [0.15, 0.2) is 0 Å². The summed E-state index contributed by atoms with van der Waals surface area (Å²) in [5.74, 6) is 1.01. The number of nitrogens with two attached hydrogens (primary N) is 1. The molecule has 1 aliphatic heterocycles. The first kappa shape index (κ1) is 14.8. The van der Waals surface area contributed by atoms with Crippen molar-refractivity contribution in [3.05, 3.63) is 0 Å². The molecule has 1 aliphatic carbocycles. The standard InChI is InChI=1S/C15H29N3O/c1-11-9-12(6-7-14(11)16)15(19)18(3)10-13-5-4-8-17(13)2/h11-14H,4-10,16H2,1-3H3. The summed E-state index contributed by atoms with van der Waals surface area (Å²) >= 11 is 0. The number of nitrogens with zero attached hydrogens (tertiary/aromatic N) is 2. The van der Waals surface area contributed by atoms with Crippen LogP contribution >= 0.6 is 0 Å². The Morgan fingerprint density at radius 1 is 1.37 bits per heavy atom. The van der Waals surface area contributed by atoms with Gasteiger partial charge in [0.05, 0.1) is 0 Å². The molecule has 2 N–H and O–H groups in total. The first-order chi connectivity index (χ1) is 8.99. The molecule has 1 amide bonds. The lowest BCUT2D eigenvalue weighted by molar-refractivity contribution is -0.136. The van der Waals surface area contributed by atoms with Gasteiger partial charge in [0, 0.05) is 31.6 Å². The zero-order valence-electron chi connectivity index (χ0n) is 12.6. The van der Waals surface area contributed by atoms with Crippen LogP contribution in [0.5, 0.6) is 0 Å². The lowest BCUT2D eigenvalue weighted by atomic mass is 9.79. The molecule has 2 fully saturated rings. The van der Waals surface area contributed by atoms with Crippen LogP contribution in [0.1, 0.15) is 39.0 Å². The number of likely N-dealkylation sites (tertiary alicyclic amines) is 1. The maximum Gasteiger partial charge on any atom is 0.225 e. The molecular weight excluding hydrogens is 238 g/mol. The van der Waals surface area contributed by atoms with E-state index in [0.29, 0.717) is 17.9 Å². The molecule has 1 saturated carbocycles. The van der Waals surface area contributed by atoms with Gasteiger partial charge in [-0.1, -0.05) is 6.92 Å². The highest BCUT2D eigenvalue weighted by Crippen LogP contribution is 2.29. The third-order valence-electron chi connectivity index (χ3n) is 5.12. The average Bonchev–Trinajstić information content (AvgIpc) is 2.77. The molecule has 4 nitrogen and oxygen atoms in total. The first-order valence-electron chi connectivity index (χ1n) is 7.69. The molecule has 2 rings (SSSR count). The van der Waals surface area contributed by atoms with Crippen LogP contribution in [-0.2, 0) is 4.79 Å². The fraction of sp³-hybridized carbons (Fsp3) is 0.933. The van der Waals surface area contributed by atoms with E-state index >= 15 is 0 Å². The SMILES string of the molecule is CC1CC(C(=O)N(C)CC2CCCN2C)CCC1N. The Labute approximate surface area is 117 Å². The third kappa shape index (κ3) is 3.48. The third-order valence-corrected chi connectivity index (χ3v) is 5.12. The summed E-state index contributed by atoms with van der Waals surface area (Å²) in [6, 6.07) is 0.840. The first-order valence-corrected chi connectivity index (χ1v) is 7.69. The topological polar surface area (TPSA) is 49.6 Å². The molecule has 4 atom stereocenters. The van der Waals surface area contributed by atoms with E-state index in [0.717, 1.165) is 25.8 Å². The summed E-state index contributed by atoms with van der Waals surface area (Å²) in [6.07, 6.45) is 5.41. The van der Waals surface area contributed by atoms with Crippen LogP contribution in [0.3, 0.4) is 0 Å². The molecule has 0 radical (unpaired) electrons. The summed E-state index contributed by atoms with van der Waals surface area (Å²) in [5.41, 5.74) is 6.04. The van der Waals surface area contributed by atoms with Crippen LogP contribution < -0.4 is 5.73 Å². The van der Waals surface area contributed by atoms with Gasteiger partial charge in [0.25, 0.3) is 0 Å². The largest absolute Gasteiger partial charge is 0.344 e. The van der Waals surface area contributed by atoms with Crippen molar-refractivity contribution in [1.29, 1.82) is 0 Å². The molecule has 1 saturated heterocycles. The zero-order chi connectivity index (χ0) is 14.0. The van der Waals surface area contributed by atoms with Gasteiger partial charge in [-0.25, -0.2) is 0 Å². The van der Waals surface area contributed by atoms with Crippen molar-refractivity contribution in [2.24, 2.45) is 17.6 Å². The van der Waals surface area contributed by atoms with Gasteiger partial charge in [-0.3, -0.25) is 4.79 Å². The summed E-state index contributed by atoms with van der Waals surface area (Å²) in [4.78, 5) is 16.8. The van der Waals surface area contributed by atoms with E-state index in [1.165, 1.54) is 19.4 Å². The molecule has 0 bridgehead atoms. The van der Waals surface area contributed by atoms with E-state index in [2.05, 4.69) is 18.9 Å². The Morgan fingerprint density at radius 3 is 2.68 bits per heavy atom. The minimum absolute atomic E-state index is 0.200. The van der Waals surface area contributed by atoms with Gasteiger partial charge < -0.3 is 15.5 Å². The van der Waals surface area contributed by atoms with E-state index in [9.17, 15) is 4.79 Å². The highest BCUT2D eigenvalue weighted by Gasteiger charge is 2.32. The molecule has 4 unspecified atom stereocenters. The van der Waals surface area contributed by atoms with E-state index in [-0.39, 0.29) is 12.0 Å². The van der Waals surface area contributed by atoms with Crippen LogP contribution in [0, 0.1) is 11.8 Å². The summed E-state index contributed by atoms with van der Waals surface area (Å²) in [7, 11) is 4.13. The molecule has 0 spiro atoms. The van der Waals surface area contributed by atoms with E-state index in [1.807, 2.05) is 11.9 Å². The van der Waals surface area contributed by atoms with Crippen molar-refractivity contribution in [2.75, 3.05) is 27.2 Å². The summed E-state index contributed by atoms with van der Waals surface area (Å²) in [5, 5.41) is 0. The zero-order valence-corrected chi connectivity index (χ0v) is 12.6. The van der Waals surface area contributed by atoms with Gasteiger partial charge in [-0.15, -0.1) is 0 Å². The highest BCUT2D eigenvalue weighted by atomic mass is 16.2. The molecule has 4 heteroatoms. The number of carbonyl (C=O) groups excluding carboxylic acids is 1. The fourth-order valence-electron chi connectivity index (χ4n) is 3.57. The Hall–Kier alpha value is -0.610. The van der Waals surface area contributed by atoms with E-state index in [4.69, 9.17) is 5.73 Å². The molecule has 0 aromatic heterocycles. The number of rotatable bonds is 3. The van der Waals surface area contributed by atoms with Gasteiger partial charge in [0.15, 0.2) is 0 Å². The van der Waals surface area contributed by atoms with E-state index < -0.39 is 0 Å². The Morgan fingerprint density at radius 2 is 2.11 bits per heavy atom.